The Morgan fingerprint density at radius 3 is 2.38 bits per heavy atom. The first-order chi connectivity index (χ1) is 15.1. The van der Waals surface area contributed by atoms with Gasteiger partial charge in [-0.05, 0) is 91.3 Å². The second-order valence-corrected chi connectivity index (χ2v) is 13.1. The maximum absolute atomic E-state index is 13.5. The summed E-state index contributed by atoms with van der Waals surface area (Å²) in [6, 6.07) is 0. The molecule has 0 radical (unpaired) electrons. The first kappa shape index (κ1) is 24.3. The van der Waals surface area contributed by atoms with Crippen molar-refractivity contribution in [3.8, 4) is 0 Å². The molecule has 4 aliphatic carbocycles. The highest BCUT2D eigenvalue weighted by atomic mass is 16.5. The van der Waals surface area contributed by atoms with Crippen molar-refractivity contribution < 1.29 is 14.3 Å². The lowest BCUT2D eigenvalue weighted by atomic mass is 9.44. The number of carbonyl (C=O) groups is 2. The lowest BCUT2D eigenvalue weighted by Gasteiger charge is -2.60. The summed E-state index contributed by atoms with van der Waals surface area (Å²) < 4.78 is 5.55. The van der Waals surface area contributed by atoms with E-state index in [-0.39, 0.29) is 23.4 Å². The van der Waals surface area contributed by atoms with E-state index < -0.39 is 0 Å². The lowest BCUT2D eigenvalue weighted by Crippen LogP contribution is -2.57. The number of hydrogen-bond acceptors (Lipinski definition) is 3. The molecule has 182 valence electrons. The molecule has 0 aliphatic heterocycles. The molecule has 0 amide bonds. The molecule has 0 aromatic heterocycles. The third kappa shape index (κ3) is 4.20. The predicted molar refractivity (Wildman–Crippen MR) is 129 cm³/mol. The Kier molecular flexibility index (Phi) is 6.87. The van der Waals surface area contributed by atoms with Gasteiger partial charge in [0.1, 0.15) is 11.9 Å². The molecule has 9 atom stereocenters. The van der Waals surface area contributed by atoms with E-state index in [1.54, 1.807) is 0 Å². The minimum atomic E-state index is -0.201. The lowest BCUT2D eigenvalue weighted by molar-refractivity contribution is -0.169. The summed E-state index contributed by atoms with van der Waals surface area (Å²) in [7, 11) is 0. The Morgan fingerprint density at radius 1 is 1.00 bits per heavy atom. The van der Waals surface area contributed by atoms with Crippen LogP contribution in [0.4, 0.5) is 0 Å². The summed E-state index contributed by atoms with van der Waals surface area (Å²) in [6.45, 7) is 13.7. The molecule has 0 heterocycles. The average Bonchev–Trinajstić information content (AvgIpc) is 3.06. The first-order valence-electron chi connectivity index (χ1n) is 13.8. The summed E-state index contributed by atoms with van der Waals surface area (Å²) in [5.74, 6) is 4.81. The minimum Gasteiger partial charge on any atom is -0.463 e. The quantitative estimate of drug-likeness (QED) is 0.406. The van der Waals surface area contributed by atoms with Crippen LogP contribution in [0, 0.1) is 52.3 Å². The van der Waals surface area contributed by atoms with E-state index in [0.717, 1.165) is 49.4 Å². The molecule has 0 saturated heterocycles. The second kappa shape index (κ2) is 9.06. The van der Waals surface area contributed by atoms with Crippen LogP contribution in [-0.4, -0.2) is 17.9 Å². The van der Waals surface area contributed by atoms with E-state index in [1.165, 1.54) is 51.9 Å². The van der Waals surface area contributed by atoms with Gasteiger partial charge in [0.25, 0.3) is 0 Å². The number of carbonyl (C=O) groups excluding carboxylic acids is 2. The van der Waals surface area contributed by atoms with Crippen LogP contribution in [0.2, 0.25) is 0 Å². The molecule has 3 heteroatoms. The van der Waals surface area contributed by atoms with E-state index in [1.807, 2.05) is 0 Å². The van der Waals surface area contributed by atoms with Gasteiger partial charge in [-0.3, -0.25) is 9.59 Å². The Balaban J connectivity index is 1.48. The summed E-state index contributed by atoms with van der Waals surface area (Å²) in [5.41, 5.74) is 0.537. The molecule has 4 saturated carbocycles. The molecule has 0 bridgehead atoms. The van der Waals surface area contributed by atoms with Gasteiger partial charge in [-0.15, -0.1) is 0 Å². The van der Waals surface area contributed by atoms with Gasteiger partial charge < -0.3 is 4.74 Å². The number of hydrogen-bond donors (Lipinski definition) is 0. The van der Waals surface area contributed by atoms with Crippen molar-refractivity contribution in [2.75, 3.05) is 0 Å². The van der Waals surface area contributed by atoms with Gasteiger partial charge in [-0.2, -0.15) is 0 Å². The number of Topliss-reactive ketones (excluding diaryl/α,β-unsaturated/α-hetero) is 1. The van der Waals surface area contributed by atoms with E-state index in [2.05, 4.69) is 34.6 Å². The van der Waals surface area contributed by atoms with E-state index >= 15 is 0 Å². The molecule has 3 nitrogen and oxygen atoms in total. The van der Waals surface area contributed by atoms with Gasteiger partial charge in [0.05, 0.1) is 0 Å². The van der Waals surface area contributed by atoms with Crippen molar-refractivity contribution in [2.45, 2.75) is 118 Å². The summed E-state index contributed by atoms with van der Waals surface area (Å²) in [5, 5.41) is 0. The normalized spacial score (nSPS) is 44.5. The highest BCUT2D eigenvalue weighted by Crippen LogP contribution is 2.68. The fourth-order valence-electron chi connectivity index (χ4n) is 9.37. The van der Waals surface area contributed by atoms with Crippen LogP contribution in [0.15, 0.2) is 0 Å². The SMILES string of the molecule is CC(=O)O[C@@H]1CC[C@@]2(C)[C@H](C1)C(=O)C[C@@H]1[C@@H]2CC[C@]2(C)[C@@H]([C@H](C)CCCC(C)C)CC[C@@H]12. The van der Waals surface area contributed by atoms with Gasteiger partial charge in [-0.1, -0.05) is 53.9 Å². The Morgan fingerprint density at radius 2 is 1.69 bits per heavy atom. The molecule has 0 aromatic rings. The van der Waals surface area contributed by atoms with Crippen molar-refractivity contribution in [1.82, 2.24) is 0 Å². The predicted octanol–water partition coefficient (Wildman–Crippen LogP) is 7.22. The van der Waals surface area contributed by atoms with E-state index in [0.29, 0.717) is 23.0 Å². The van der Waals surface area contributed by atoms with Crippen LogP contribution in [0.3, 0.4) is 0 Å². The van der Waals surface area contributed by atoms with Gasteiger partial charge >= 0.3 is 5.97 Å². The number of rotatable bonds is 6. The van der Waals surface area contributed by atoms with Crippen LogP contribution in [0.1, 0.15) is 112 Å². The Hall–Kier alpha value is -0.860. The largest absolute Gasteiger partial charge is 0.463 e. The maximum atomic E-state index is 13.5. The molecular formula is C29H48O3. The van der Waals surface area contributed by atoms with Crippen molar-refractivity contribution in [2.24, 2.45) is 52.3 Å². The first-order valence-corrected chi connectivity index (χ1v) is 13.8. The highest BCUT2D eigenvalue weighted by molar-refractivity contribution is 5.83. The fraction of sp³-hybridized carbons (Fsp3) is 0.931. The Labute approximate surface area is 196 Å². The van der Waals surface area contributed by atoms with Crippen molar-refractivity contribution in [3.05, 3.63) is 0 Å². The number of fused-ring (bicyclic) bond motifs is 5. The third-order valence-electron chi connectivity index (χ3n) is 10.9. The number of ether oxygens (including phenoxy) is 1. The Bertz CT molecular complexity index is 713. The van der Waals surface area contributed by atoms with Gasteiger partial charge in [0.15, 0.2) is 0 Å². The summed E-state index contributed by atoms with van der Waals surface area (Å²) >= 11 is 0. The molecular weight excluding hydrogens is 396 g/mol. The fourth-order valence-corrected chi connectivity index (χ4v) is 9.37. The molecule has 0 spiro atoms. The molecule has 32 heavy (non-hydrogen) atoms. The van der Waals surface area contributed by atoms with Crippen LogP contribution in [0.5, 0.6) is 0 Å². The second-order valence-electron chi connectivity index (χ2n) is 13.1. The van der Waals surface area contributed by atoms with E-state index in [4.69, 9.17) is 4.74 Å². The van der Waals surface area contributed by atoms with E-state index in [9.17, 15) is 9.59 Å². The standard InChI is InChI=1S/C29H48O3/c1-18(2)8-7-9-19(3)23-10-11-24-22-17-27(31)26-16-21(32-20(4)30)12-14-29(26,6)25(22)13-15-28(23,24)5/h18-19,21-26H,7-17H2,1-6H3/t19-,21-,22+,23-,24+,25+,26-,28-,29-/m1/s1. The topological polar surface area (TPSA) is 43.4 Å². The zero-order valence-electron chi connectivity index (χ0n) is 21.6. The maximum Gasteiger partial charge on any atom is 0.302 e. The van der Waals surface area contributed by atoms with Crippen LogP contribution in [-0.2, 0) is 14.3 Å². The molecule has 0 aromatic carbocycles. The minimum absolute atomic E-state index is 0.0533. The van der Waals surface area contributed by atoms with Gasteiger partial charge in [0, 0.05) is 19.3 Å². The molecule has 4 fully saturated rings. The molecule has 4 aliphatic rings. The zero-order valence-corrected chi connectivity index (χ0v) is 21.6. The van der Waals surface area contributed by atoms with Gasteiger partial charge in [0.2, 0.25) is 0 Å². The molecule has 0 unspecified atom stereocenters. The monoisotopic (exact) mass is 444 g/mol. The molecule has 0 N–H and O–H groups in total. The smallest absolute Gasteiger partial charge is 0.302 e. The van der Waals surface area contributed by atoms with Crippen molar-refractivity contribution in [1.29, 1.82) is 0 Å². The highest BCUT2D eigenvalue weighted by Gasteiger charge is 2.62. The van der Waals surface area contributed by atoms with Crippen molar-refractivity contribution >= 4 is 11.8 Å². The van der Waals surface area contributed by atoms with Gasteiger partial charge in [-0.25, -0.2) is 0 Å². The average molecular weight is 445 g/mol. The number of ketones is 1. The van der Waals surface area contributed by atoms with Crippen LogP contribution < -0.4 is 0 Å². The zero-order chi connectivity index (χ0) is 23.3. The summed E-state index contributed by atoms with van der Waals surface area (Å²) in [6.07, 6.45) is 12.9. The third-order valence-corrected chi connectivity index (χ3v) is 10.9. The molecule has 4 rings (SSSR count). The number of esters is 1. The van der Waals surface area contributed by atoms with Crippen molar-refractivity contribution in [3.63, 3.8) is 0 Å². The van der Waals surface area contributed by atoms with Crippen LogP contribution >= 0.6 is 0 Å². The summed E-state index contributed by atoms with van der Waals surface area (Å²) in [4.78, 5) is 25.0. The van der Waals surface area contributed by atoms with Crippen LogP contribution in [0.25, 0.3) is 0 Å².